The Morgan fingerprint density at radius 1 is 1.11 bits per heavy atom. The third-order valence-electron chi connectivity index (χ3n) is 2.75. The van der Waals surface area contributed by atoms with Crippen molar-refractivity contribution in [3.63, 3.8) is 0 Å². The van der Waals surface area contributed by atoms with E-state index < -0.39 is 0 Å². The SMILES string of the molecule is Cc1cc(Br)cc(NC(=O)c2cc(C)ccc2N)c1. The van der Waals surface area contributed by atoms with Crippen LogP contribution in [0.15, 0.2) is 40.9 Å². The summed E-state index contributed by atoms with van der Waals surface area (Å²) in [5.74, 6) is -0.196. The number of benzene rings is 2. The largest absolute Gasteiger partial charge is 0.398 e. The Morgan fingerprint density at radius 3 is 2.53 bits per heavy atom. The van der Waals surface area contributed by atoms with Crippen molar-refractivity contribution >= 4 is 33.2 Å². The zero-order chi connectivity index (χ0) is 14.0. The lowest BCUT2D eigenvalue weighted by Gasteiger charge is -2.09. The van der Waals surface area contributed by atoms with Gasteiger partial charge in [0.05, 0.1) is 5.56 Å². The highest BCUT2D eigenvalue weighted by atomic mass is 79.9. The molecule has 0 spiro atoms. The van der Waals surface area contributed by atoms with Crippen LogP contribution in [0.3, 0.4) is 0 Å². The number of anilines is 2. The standard InChI is InChI=1S/C15H15BrN2O/c1-9-3-4-14(17)13(7-9)15(19)18-12-6-10(2)5-11(16)8-12/h3-8H,17H2,1-2H3,(H,18,19). The summed E-state index contributed by atoms with van der Waals surface area (Å²) in [4.78, 5) is 12.2. The minimum absolute atomic E-state index is 0.196. The number of hydrogen-bond donors (Lipinski definition) is 2. The van der Waals surface area contributed by atoms with Crippen LogP contribution < -0.4 is 11.1 Å². The predicted octanol–water partition coefficient (Wildman–Crippen LogP) is 3.90. The molecule has 98 valence electrons. The summed E-state index contributed by atoms with van der Waals surface area (Å²) in [5, 5.41) is 2.86. The molecule has 3 N–H and O–H groups in total. The van der Waals surface area contributed by atoms with Crippen LogP contribution in [0.1, 0.15) is 21.5 Å². The molecule has 2 rings (SSSR count). The summed E-state index contributed by atoms with van der Waals surface area (Å²) in [6, 6.07) is 11.2. The highest BCUT2D eigenvalue weighted by Gasteiger charge is 2.10. The van der Waals surface area contributed by atoms with E-state index in [0.717, 1.165) is 21.3 Å². The van der Waals surface area contributed by atoms with Gasteiger partial charge in [-0.15, -0.1) is 0 Å². The monoisotopic (exact) mass is 318 g/mol. The summed E-state index contributed by atoms with van der Waals surface area (Å²) in [7, 11) is 0. The van der Waals surface area contributed by atoms with E-state index in [4.69, 9.17) is 5.73 Å². The van der Waals surface area contributed by atoms with Crippen molar-refractivity contribution < 1.29 is 4.79 Å². The van der Waals surface area contributed by atoms with E-state index in [2.05, 4.69) is 21.2 Å². The van der Waals surface area contributed by atoms with Crippen LogP contribution in [0.5, 0.6) is 0 Å². The molecule has 1 amide bonds. The van der Waals surface area contributed by atoms with Crippen molar-refractivity contribution in [3.05, 3.63) is 57.6 Å². The molecule has 0 aromatic heterocycles. The third kappa shape index (κ3) is 3.35. The molecule has 0 fully saturated rings. The van der Waals surface area contributed by atoms with E-state index in [9.17, 15) is 4.79 Å². The Bertz CT molecular complexity index is 618. The Kier molecular flexibility index (Phi) is 3.90. The number of nitrogens with one attached hydrogen (secondary N) is 1. The molecule has 0 saturated heterocycles. The fourth-order valence-electron chi connectivity index (χ4n) is 1.87. The third-order valence-corrected chi connectivity index (χ3v) is 3.21. The fraction of sp³-hybridized carbons (Fsp3) is 0.133. The molecule has 0 atom stereocenters. The maximum absolute atomic E-state index is 12.2. The zero-order valence-corrected chi connectivity index (χ0v) is 12.4. The normalized spacial score (nSPS) is 10.3. The number of rotatable bonds is 2. The number of carbonyl (C=O) groups is 1. The topological polar surface area (TPSA) is 55.1 Å². The Morgan fingerprint density at radius 2 is 1.84 bits per heavy atom. The van der Waals surface area contributed by atoms with Gasteiger partial charge in [-0.1, -0.05) is 27.6 Å². The number of nitrogens with two attached hydrogens (primary N) is 1. The summed E-state index contributed by atoms with van der Waals surface area (Å²) in [6.07, 6.45) is 0. The number of carbonyl (C=O) groups excluding carboxylic acids is 1. The van der Waals surface area contributed by atoms with Gasteiger partial charge in [0.25, 0.3) is 5.91 Å². The van der Waals surface area contributed by atoms with Gasteiger partial charge in [0.1, 0.15) is 0 Å². The van der Waals surface area contributed by atoms with Gasteiger partial charge < -0.3 is 11.1 Å². The van der Waals surface area contributed by atoms with Gasteiger partial charge >= 0.3 is 0 Å². The molecule has 0 radical (unpaired) electrons. The fourth-order valence-corrected chi connectivity index (χ4v) is 2.48. The molecule has 19 heavy (non-hydrogen) atoms. The van der Waals surface area contributed by atoms with E-state index in [0.29, 0.717) is 11.3 Å². The van der Waals surface area contributed by atoms with Gasteiger partial charge in [0, 0.05) is 15.8 Å². The first-order valence-electron chi connectivity index (χ1n) is 5.90. The van der Waals surface area contributed by atoms with Crippen molar-refractivity contribution in [1.29, 1.82) is 0 Å². The van der Waals surface area contributed by atoms with Gasteiger partial charge in [0.15, 0.2) is 0 Å². The number of halogens is 1. The second-order valence-corrected chi connectivity index (χ2v) is 5.48. The first-order chi connectivity index (χ1) is 8.95. The molecule has 0 heterocycles. The van der Waals surface area contributed by atoms with Crippen molar-refractivity contribution in [3.8, 4) is 0 Å². The average molecular weight is 319 g/mol. The van der Waals surface area contributed by atoms with Crippen LogP contribution in [0.2, 0.25) is 0 Å². The molecule has 2 aromatic carbocycles. The number of amides is 1. The zero-order valence-electron chi connectivity index (χ0n) is 10.8. The van der Waals surface area contributed by atoms with E-state index in [-0.39, 0.29) is 5.91 Å². The lowest BCUT2D eigenvalue weighted by Crippen LogP contribution is -2.14. The summed E-state index contributed by atoms with van der Waals surface area (Å²) >= 11 is 3.41. The maximum atomic E-state index is 12.2. The number of hydrogen-bond acceptors (Lipinski definition) is 2. The predicted molar refractivity (Wildman–Crippen MR) is 82.4 cm³/mol. The molecule has 0 aliphatic rings. The minimum Gasteiger partial charge on any atom is -0.398 e. The van der Waals surface area contributed by atoms with Crippen LogP contribution in [0, 0.1) is 13.8 Å². The average Bonchev–Trinajstić information content (AvgIpc) is 2.30. The molecule has 4 heteroatoms. The quantitative estimate of drug-likeness (QED) is 0.825. The summed E-state index contributed by atoms with van der Waals surface area (Å²) in [6.45, 7) is 3.90. The molecule has 3 nitrogen and oxygen atoms in total. The van der Waals surface area contributed by atoms with Crippen LogP contribution in [0.25, 0.3) is 0 Å². The van der Waals surface area contributed by atoms with Crippen LogP contribution >= 0.6 is 15.9 Å². The van der Waals surface area contributed by atoms with Gasteiger partial charge in [0.2, 0.25) is 0 Å². The lowest BCUT2D eigenvalue weighted by atomic mass is 10.1. The summed E-state index contributed by atoms with van der Waals surface area (Å²) in [5.41, 5.74) is 9.64. The molecule has 0 aliphatic heterocycles. The number of aryl methyl sites for hydroxylation is 2. The van der Waals surface area contributed by atoms with Crippen LogP contribution in [0.4, 0.5) is 11.4 Å². The molecule has 2 aromatic rings. The minimum atomic E-state index is -0.196. The number of nitrogen functional groups attached to an aromatic ring is 1. The Balaban J connectivity index is 2.28. The van der Waals surface area contributed by atoms with E-state index in [1.54, 1.807) is 12.1 Å². The molecular formula is C15H15BrN2O. The van der Waals surface area contributed by atoms with E-state index in [1.807, 2.05) is 38.1 Å². The van der Waals surface area contributed by atoms with Gasteiger partial charge in [-0.05, 0) is 49.7 Å². The highest BCUT2D eigenvalue weighted by molar-refractivity contribution is 9.10. The van der Waals surface area contributed by atoms with Crippen LogP contribution in [-0.2, 0) is 0 Å². The van der Waals surface area contributed by atoms with Crippen molar-refractivity contribution in [2.24, 2.45) is 0 Å². The highest BCUT2D eigenvalue weighted by Crippen LogP contribution is 2.21. The lowest BCUT2D eigenvalue weighted by molar-refractivity contribution is 0.102. The Labute approximate surface area is 121 Å². The van der Waals surface area contributed by atoms with Crippen molar-refractivity contribution in [2.75, 3.05) is 11.1 Å². The second-order valence-electron chi connectivity index (χ2n) is 4.56. The molecule has 0 unspecified atom stereocenters. The van der Waals surface area contributed by atoms with Gasteiger partial charge in [-0.25, -0.2) is 0 Å². The van der Waals surface area contributed by atoms with Crippen molar-refractivity contribution in [1.82, 2.24) is 0 Å². The molecular weight excluding hydrogens is 304 g/mol. The molecule has 0 aliphatic carbocycles. The van der Waals surface area contributed by atoms with Crippen LogP contribution in [-0.4, -0.2) is 5.91 Å². The smallest absolute Gasteiger partial charge is 0.257 e. The summed E-state index contributed by atoms with van der Waals surface area (Å²) < 4.78 is 0.931. The van der Waals surface area contributed by atoms with E-state index >= 15 is 0 Å². The first kappa shape index (κ1) is 13.6. The van der Waals surface area contributed by atoms with E-state index in [1.165, 1.54) is 0 Å². The molecule has 0 saturated carbocycles. The van der Waals surface area contributed by atoms with Crippen molar-refractivity contribution in [2.45, 2.75) is 13.8 Å². The van der Waals surface area contributed by atoms with Gasteiger partial charge in [-0.3, -0.25) is 4.79 Å². The maximum Gasteiger partial charge on any atom is 0.257 e. The second kappa shape index (κ2) is 5.45. The molecule has 0 bridgehead atoms. The first-order valence-corrected chi connectivity index (χ1v) is 6.69. The van der Waals surface area contributed by atoms with Gasteiger partial charge in [-0.2, -0.15) is 0 Å². The Hall–Kier alpha value is -1.81.